The molecule has 118 valence electrons. The molecule has 5 heteroatoms. The molecule has 3 rings (SSSR count). The van der Waals surface area contributed by atoms with Crippen molar-refractivity contribution >= 4 is 16.8 Å². The molecule has 2 heterocycles. The Morgan fingerprint density at radius 2 is 2.04 bits per heavy atom. The van der Waals surface area contributed by atoms with Crippen molar-refractivity contribution < 1.29 is 4.79 Å². The number of hydrogen-bond donors (Lipinski definition) is 2. The maximum absolute atomic E-state index is 12.1. The van der Waals surface area contributed by atoms with Crippen LogP contribution in [0.4, 0.5) is 0 Å². The minimum absolute atomic E-state index is 0.0333. The smallest absolute Gasteiger partial charge is 0.220 e. The number of rotatable bonds is 5. The van der Waals surface area contributed by atoms with Crippen molar-refractivity contribution in [1.82, 2.24) is 20.5 Å². The van der Waals surface area contributed by atoms with Gasteiger partial charge < -0.3 is 5.32 Å². The lowest BCUT2D eigenvalue weighted by molar-refractivity contribution is -0.121. The number of H-pyrrole nitrogens is 1. The van der Waals surface area contributed by atoms with Crippen LogP contribution in [0.3, 0.4) is 0 Å². The molecular formula is C18H20N4O. The van der Waals surface area contributed by atoms with E-state index in [0.717, 1.165) is 33.4 Å². The molecule has 23 heavy (non-hydrogen) atoms. The zero-order chi connectivity index (χ0) is 16.2. The number of pyridine rings is 1. The van der Waals surface area contributed by atoms with Crippen molar-refractivity contribution in [1.29, 1.82) is 0 Å². The molecular weight excluding hydrogens is 288 g/mol. The van der Waals surface area contributed by atoms with Crippen LogP contribution in [0.15, 0.2) is 36.5 Å². The van der Waals surface area contributed by atoms with Crippen molar-refractivity contribution in [2.24, 2.45) is 0 Å². The fourth-order valence-corrected chi connectivity index (χ4v) is 2.60. The van der Waals surface area contributed by atoms with Crippen LogP contribution in [-0.2, 0) is 17.8 Å². The number of fused-ring (bicyclic) bond motifs is 1. The lowest BCUT2D eigenvalue weighted by Crippen LogP contribution is -2.23. The predicted molar refractivity (Wildman–Crippen MR) is 90.0 cm³/mol. The average molecular weight is 308 g/mol. The van der Waals surface area contributed by atoms with Gasteiger partial charge >= 0.3 is 0 Å². The summed E-state index contributed by atoms with van der Waals surface area (Å²) >= 11 is 0. The van der Waals surface area contributed by atoms with Gasteiger partial charge in [0.15, 0.2) is 0 Å². The number of nitrogens with one attached hydrogen (secondary N) is 2. The summed E-state index contributed by atoms with van der Waals surface area (Å²) in [5.74, 6) is 0.0333. The van der Waals surface area contributed by atoms with Crippen LogP contribution in [0.1, 0.15) is 28.9 Å². The van der Waals surface area contributed by atoms with Crippen LogP contribution in [0.5, 0.6) is 0 Å². The number of hydrogen-bond acceptors (Lipinski definition) is 3. The minimum atomic E-state index is 0.0333. The number of carbonyl (C=O) groups excluding carboxylic acids is 1. The van der Waals surface area contributed by atoms with Crippen LogP contribution < -0.4 is 5.32 Å². The summed E-state index contributed by atoms with van der Waals surface area (Å²) in [5.41, 5.74) is 5.19. The third-order valence-corrected chi connectivity index (χ3v) is 4.16. The van der Waals surface area contributed by atoms with Gasteiger partial charge in [0, 0.05) is 36.7 Å². The van der Waals surface area contributed by atoms with E-state index in [9.17, 15) is 4.79 Å². The predicted octanol–water partition coefficient (Wildman–Crippen LogP) is 2.82. The fraction of sp³-hybridized carbons (Fsp3) is 0.278. The second-order valence-corrected chi connectivity index (χ2v) is 5.68. The van der Waals surface area contributed by atoms with E-state index in [-0.39, 0.29) is 5.91 Å². The molecule has 3 aromatic rings. The molecule has 1 amide bonds. The first-order valence-electron chi connectivity index (χ1n) is 7.75. The van der Waals surface area contributed by atoms with Crippen LogP contribution in [0.25, 0.3) is 10.9 Å². The van der Waals surface area contributed by atoms with Crippen LogP contribution in [-0.4, -0.2) is 21.1 Å². The maximum Gasteiger partial charge on any atom is 0.220 e. The number of para-hydroxylation sites is 1. The molecule has 0 radical (unpaired) electrons. The minimum Gasteiger partial charge on any atom is -0.352 e. The molecule has 0 fully saturated rings. The quantitative estimate of drug-likeness (QED) is 0.761. The zero-order valence-electron chi connectivity index (χ0n) is 13.4. The van der Waals surface area contributed by atoms with Gasteiger partial charge in [0.05, 0.1) is 11.2 Å². The van der Waals surface area contributed by atoms with E-state index in [0.29, 0.717) is 19.4 Å². The van der Waals surface area contributed by atoms with Gasteiger partial charge in [-0.15, -0.1) is 0 Å². The fourth-order valence-electron chi connectivity index (χ4n) is 2.60. The van der Waals surface area contributed by atoms with Crippen molar-refractivity contribution in [3.05, 3.63) is 59.0 Å². The highest BCUT2D eigenvalue weighted by atomic mass is 16.1. The van der Waals surface area contributed by atoms with Gasteiger partial charge in [-0.1, -0.05) is 18.2 Å². The molecule has 0 saturated heterocycles. The van der Waals surface area contributed by atoms with Gasteiger partial charge in [0.1, 0.15) is 0 Å². The van der Waals surface area contributed by atoms with E-state index < -0.39 is 0 Å². The Morgan fingerprint density at radius 3 is 2.83 bits per heavy atom. The van der Waals surface area contributed by atoms with Crippen molar-refractivity contribution in [2.75, 3.05) is 0 Å². The number of aromatic nitrogens is 3. The first-order chi connectivity index (χ1) is 11.1. The van der Waals surface area contributed by atoms with Crippen molar-refractivity contribution in [3.8, 4) is 0 Å². The Kier molecular flexibility index (Phi) is 4.37. The topological polar surface area (TPSA) is 70.7 Å². The standard InChI is InChI=1S/C18H20N4O/c1-12-13(2)21-22-16(12)7-8-18(23)20-11-14-9-10-19-17-6-4-3-5-15(14)17/h3-6,9-10H,7-8,11H2,1-2H3,(H,20,23)(H,21,22). The van der Waals surface area contributed by atoms with Crippen molar-refractivity contribution in [3.63, 3.8) is 0 Å². The number of nitrogens with zero attached hydrogens (tertiary/aromatic N) is 2. The summed E-state index contributed by atoms with van der Waals surface area (Å²) in [5, 5.41) is 11.2. The van der Waals surface area contributed by atoms with E-state index in [1.807, 2.05) is 44.2 Å². The molecule has 0 atom stereocenters. The van der Waals surface area contributed by atoms with E-state index in [1.54, 1.807) is 6.20 Å². The van der Waals surface area contributed by atoms with Gasteiger partial charge in [-0.05, 0) is 37.1 Å². The lowest BCUT2D eigenvalue weighted by atomic mass is 10.1. The average Bonchev–Trinajstić information content (AvgIpc) is 2.90. The lowest BCUT2D eigenvalue weighted by Gasteiger charge is -2.08. The van der Waals surface area contributed by atoms with Crippen LogP contribution in [0.2, 0.25) is 0 Å². The van der Waals surface area contributed by atoms with Gasteiger partial charge in [0.25, 0.3) is 0 Å². The normalized spacial score (nSPS) is 10.9. The Labute approximate surface area is 135 Å². The Hall–Kier alpha value is -2.69. The summed E-state index contributed by atoms with van der Waals surface area (Å²) < 4.78 is 0. The van der Waals surface area contributed by atoms with Crippen LogP contribution in [0, 0.1) is 13.8 Å². The number of carbonyl (C=O) groups is 1. The third-order valence-electron chi connectivity index (χ3n) is 4.16. The van der Waals surface area contributed by atoms with Crippen LogP contribution >= 0.6 is 0 Å². The van der Waals surface area contributed by atoms with Gasteiger partial charge in [0.2, 0.25) is 5.91 Å². The Morgan fingerprint density at radius 1 is 1.22 bits per heavy atom. The summed E-state index contributed by atoms with van der Waals surface area (Å²) in [6.45, 7) is 4.52. The molecule has 0 bridgehead atoms. The number of aryl methyl sites for hydroxylation is 2. The Bertz CT molecular complexity index is 833. The van der Waals surface area contributed by atoms with E-state index >= 15 is 0 Å². The first-order valence-corrected chi connectivity index (χ1v) is 7.75. The van der Waals surface area contributed by atoms with Gasteiger partial charge in [-0.2, -0.15) is 5.10 Å². The highest BCUT2D eigenvalue weighted by Gasteiger charge is 2.09. The highest BCUT2D eigenvalue weighted by Crippen LogP contribution is 2.16. The Balaban J connectivity index is 1.59. The molecule has 1 aromatic carbocycles. The number of benzene rings is 1. The summed E-state index contributed by atoms with van der Waals surface area (Å²) in [6, 6.07) is 9.90. The molecule has 0 aliphatic carbocycles. The summed E-state index contributed by atoms with van der Waals surface area (Å²) in [7, 11) is 0. The molecule has 0 aliphatic heterocycles. The summed E-state index contributed by atoms with van der Waals surface area (Å²) in [6.07, 6.45) is 2.87. The highest BCUT2D eigenvalue weighted by molar-refractivity contribution is 5.82. The number of aromatic amines is 1. The van der Waals surface area contributed by atoms with E-state index in [2.05, 4.69) is 20.5 Å². The maximum atomic E-state index is 12.1. The molecule has 2 aromatic heterocycles. The van der Waals surface area contributed by atoms with Crippen molar-refractivity contribution in [2.45, 2.75) is 33.2 Å². The molecule has 5 nitrogen and oxygen atoms in total. The second-order valence-electron chi connectivity index (χ2n) is 5.68. The zero-order valence-corrected chi connectivity index (χ0v) is 13.4. The molecule has 0 unspecified atom stereocenters. The SMILES string of the molecule is Cc1[nH]nc(CCC(=O)NCc2ccnc3ccccc23)c1C. The third kappa shape index (κ3) is 3.39. The van der Waals surface area contributed by atoms with Gasteiger partial charge in [-0.25, -0.2) is 0 Å². The molecule has 2 N–H and O–H groups in total. The number of amides is 1. The van der Waals surface area contributed by atoms with E-state index in [1.165, 1.54) is 0 Å². The largest absolute Gasteiger partial charge is 0.352 e. The first kappa shape index (κ1) is 15.2. The van der Waals surface area contributed by atoms with E-state index in [4.69, 9.17) is 0 Å². The molecule has 0 spiro atoms. The molecule has 0 saturated carbocycles. The van der Waals surface area contributed by atoms with Gasteiger partial charge in [-0.3, -0.25) is 14.9 Å². The second kappa shape index (κ2) is 6.60. The molecule has 0 aliphatic rings. The monoisotopic (exact) mass is 308 g/mol. The summed E-state index contributed by atoms with van der Waals surface area (Å²) in [4.78, 5) is 16.4.